The highest BCUT2D eigenvalue weighted by molar-refractivity contribution is 5.99. The van der Waals surface area contributed by atoms with Gasteiger partial charge in [-0.15, -0.1) is 0 Å². The highest BCUT2D eigenvalue weighted by atomic mass is 16.5. The number of nitrogens with zero attached hydrogens (tertiary/aromatic N) is 1. The molecule has 1 aliphatic carbocycles. The number of ether oxygens (including phenoxy) is 1. The Bertz CT molecular complexity index is 762. The van der Waals surface area contributed by atoms with E-state index in [0.29, 0.717) is 12.5 Å². The zero-order valence-electron chi connectivity index (χ0n) is 16.0. The molecule has 1 fully saturated rings. The van der Waals surface area contributed by atoms with Gasteiger partial charge in [0.25, 0.3) is 0 Å². The number of carbonyl (C=O) groups excluding carboxylic acids is 1. The Morgan fingerprint density at radius 3 is 2.46 bits per heavy atom. The maximum absolute atomic E-state index is 13.3. The van der Waals surface area contributed by atoms with Crippen LogP contribution in [-0.4, -0.2) is 17.5 Å². The van der Waals surface area contributed by atoms with Gasteiger partial charge in [0.2, 0.25) is 11.8 Å². The number of carbonyl (C=O) groups is 1. The van der Waals surface area contributed by atoms with Gasteiger partial charge in [0.15, 0.2) is 0 Å². The molecule has 1 N–H and O–H groups in total. The standard InChI is InChI=1S/C22H28N2O2/c1-4-26-20-17(3)14-19(15-23-20)24-21(25)22(12-6-5-7-13-22)18-10-8-16(2)9-11-18/h8-11,14-15H,4-7,12-13H2,1-3H3,(H,24,25). The number of amides is 1. The minimum Gasteiger partial charge on any atom is -0.478 e. The second kappa shape index (κ2) is 7.90. The molecule has 1 aliphatic rings. The molecular formula is C22H28N2O2. The van der Waals surface area contributed by atoms with Crippen LogP contribution in [0.4, 0.5) is 5.69 Å². The monoisotopic (exact) mass is 352 g/mol. The number of hydrogen-bond donors (Lipinski definition) is 1. The van der Waals surface area contributed by atoms with Gasteiger partial charge in [-0.2, -0.15) is 0 Å². The first-order valence-electron chi connectivity index (χ1n) is 9.53. The van der Waals surface area contributed by atoms with E-state index in [1.165, 1.54) is 12.0 Å². The van der Waals surface area contributed by atoms with E-state index in [0.717, 1.165) is 42.5 Å². The lowest BCUT2D eigenvalue weighted by atomic mass is 9.68. The molecule has 1 heterocycles. The van der Waals surface area contributed by atoms with E-state index in [9.17, 15) is 4.79 Å². The van der Waals surface area contributed by atoms with E-state index >= 15 is 0 Å². The topological polar surface area (TPSA) is 51.2 Å². The third-order valence-electron chi connectivity index (χ3n) is 5.32. The summed E-state index contributed by atoms with van der Waals surface area (Å²) in [5.74, 6) is 0.697. The summed E-state index contributed by atoms with van der Waals surface area (Å²) < 4.78 is 5.49. The van der Waals surface area contributed by atoms with Gasteiger partial charge in [-0.25, -0.2) is 4.98 Å². The zero-order chi connectivity index (χ0) is 18.6. The van der Waals surface area contributed by atoms with Crippen LogP contribution in [0.3, 0.4) is 0 Å². The van der Waals surface area contributed by atoms with Crippen molar-refractivity contribution >= 4 is 11.6 Å². The van der Waals surface area contributed by atoms with Gasteiger partial charge in [0.05, 0.1) is 23.9 Å². The average Bonchev–Trinajstić information content (AvgIpc) is 2.65. The van der Waals surface area contributed by atoms with Crippen LogP contribution in [0.1, 0.15) is 55.7 Å². The summed E-state index contributed by atoms with van der Waals surface area (Å²) in [6, 6.07) is 10.4. The summed E-state index contributed by atoms with van der Waals surface area (Å²) in [5.41, 5.74) is 3.55. The number of aromatic nitrogens is 1. The predicted molar refractivity (Wildman–Crippen MR) is 105 cm³/mol. The molecule has 1 saturated carbocycles. The number of rotatable bonds is 5. The number of hydrogen-bond acceptors (Lipinski definition) is 3. The Balaban J connectivity index is 1.86. The van der Waals surface area contributed by atoms with Crippen LogP contribution < -0.4 is 10.1 Å². The third-order valence-corrected chi connectivity index (χ3v) is 5.32. The van der Waals surface area contributed by atoms with Crippen molar-refractivity contribution in [2.45, 2.75) is 58.3 Å². The van der Waals surface area contributed by atoms with Crippen molar-refractivity contribution < 1.29 is 9.53 Å². The van der Waals surface area contributed by atoms with E-state index in [-0.39, 0.29) is 5.91 Å². The number of nitrogens with one attached hydrogen (secondary N) is 1. The lowest BCUT2D eigenvalue weighted by molar-refractivity contribution is -0.122. The van der Waals surface area contributed by atoms with Crippen molar-refractivity contribution in [3.05, 3.63) is 53.2 Å². The van der Waals surface area contributed by atoms with Gasteiger partial charge >= 0.3 is 0 Å². The highest BCUT2D eigenvalue weighted by Gasteiger charge is 2.41. The lowest BCUT2D eigenvalue weighted by Gasteiger charge is -2.36. The molecule has 0 radical (unpaired) electrons. The van der Waals surface area contributed by atoms with Crippen LogP contribution in [0, 0.1) is 13.8 Å². The molecule has 4 heteroatoms. The molecule has 2 aromatic rings. The Labute approximate surface area is 156 Å². The van der Waals surface area contributed by atoms with E-state index in [1.807, 2.05) is 19.9 Å². The Morgan fingerprint density at radius 1 is 1.15 bits per heavy atom. The highest BCUT2D eigenvalue weighted by Crippen LogP contribution is 2.40. The van der Waals surface area contributed by atoms with Gasteiger partial charge < -0.3 is 10.1 Å². The van der Waals surface area contributed by atoms with Crippen LogP contribution >= 0.6 is 0 Å². The minimum atomic E-state index is -0.446. The first-order valence-corrected chi connectivity index (χ1v) is 9.53. The van der Waals surface area contributed by atoms with Gasteiger partial charge in [0, 0.05) is 5.56 Å². The second-order valence-electron chi connectivity index (χ2n) is 7.24. The summed E-state index contributed by atoms with van der Waals surface area (Å²) in [6.45, 7) is 6.54. The molecule has 26 heavy (non-hydrogen) atoms. The van der Waals surface area contributed by atoms with Gasteiger partial charge in [-0.1, -0.05) is 49.1 Å². The molecule has 138 valence electrons. The van der Waals surface area contributed by atoms with Crippen LogP contribution in [-0.2, 0) is 10.2 Å². The molecule has 0 saturated heterocycles. The second-order valence-corrected chi connectivity index (χ2v) is 7.24. The normalized spacial score (nSPS) is 16.1. The maximum atomic E-state index is 13.3. The number of aryl methyl sites for hydroxylation is 2. The van der Waals surface area contributed by atoms with E-state index in [4.69, 9.17) is 4.74 Å². The van der Waals surface area contributed by atoms with Crippen molar-refractivity contribution in [3.63, 3.8) is 0 Å². The summed E-state index contributed by atoms with van der Waals surface area (Å²) >= 11 is 0. The quantitative estimate of drug-likeness (QED) is 0.829. The fourth-order valence-corrected chi connectivity index (χ4v) is 3.84. The molecular weight excluding hydrogens is 324 g/mol. The smallest absolute Gasteiger partial charge is 0.235 e. The Morgan fingerprint density at radius 2 is 1.85 bits per heavy atom. The van der Waals surface area contributed by atoms with Crippen molar-refractivity contribution in [1.29, 1.82) is 0 Å². The van der Waals surface area contributed by atoms with Crippen molar-refractivity contribution in [2.75, 3.05) is 11.9 Å². The first-order chi connectivity index (χ1) is 12.5. The first kappa shape index (κ1) is 18.4. The largest absolute Gasteiger partial charge is 0.478 e. The van der Waals surface area contributed by atoms with Gasteiger partial charge in [0.1, 0.15) is 0 Å². The fourth-order valence-electron chi connectivity index (χ4n) is 3.84. The van der Waals surface area contributed by atoms with E-state index in [2.05, 4.69) is 41.5 Å². The number of anilines is 1. The van der Waals surface area contributed by atoms with Gasteiger partial charge in [-0.3, -0.25) is 4.79 Å². The predicted octanol–water partition coefficient (Wildman–Crippen LogP) is 4.94. The molecule has 3 rings (SSSR count). The molecule has 1 aromatic carbocycles. The zero-order valence-corrected chi connectivity index (χ0v) is 16.0. The molecule has 4 nitrogen and oxygen atoms in total. The molecule has 0 spiro atoms. The third kappa shape index (κ3) is 3.74. The van der Waals surface area contributed by atoms with Crippen molar-refractivity contribution in [3.8, 4) is 5.88 Å². The summed E-state index contributed by atoms with van der Waals surface area (Å²) in [7, 11) is 0. The molecule has 1 aromatic heterocycles. The number of pyridine rings is 1. The maximum Gasteiger partial charge on any atom is 0.235 e. The molecule has 0 unspecified atom stereocenters. The summed E-state index contributed by atoms with van der Waals surface area (Å²) in [4.78, 5) is 17.7. The lowest BCUT2D eigenvalue weighted by Crippen LogP contribution is -2.42. The molecule has 1 amide bonds. The van der Waals surface area contributed by atoms with Gasteiger partial charge in [-0.05, 0) is 45.2 Å². The minimum absolute atomic E-state index is 0.0754. The summed E-state index contributed by atoms with van der Waals surface area (Å²) in [6.07, 6.45) is 6.84. The van der Waals surface area contributed by atoms with E-state index < -0.39 is 5.41 Å². The van der Waals surface area contributed by atoms with Crippen molar-refractivity contribution in [2.24, 2.45) is 0 Å². The van der Waals surface area contributed by atoms with Crippen LogP contribution in [0.2, 0.25) is 0 Å². The summed E-state index contributed by atoms with van der Waals surface area (Å²) in [5, 5.41) is 3.12. The van der Waals surface area contributed by atoms with E-state index in [1.54, 1.807) is 6.20 Å². The van der Waals surface area contributed by atoms with Crippen molar-refractivity contribution in [1.82, 2.24) is 4.98 Å². The van der Waals surface area contributed by atoms with Crippen LogP contribution in [0.15, 0.2) is 36.5 Å². The van der Waals surface area contributed by atoms with Crippen LogP contribution in [0.25, 0.3) is 0 Å². The number of benzene rings is 1. The molecule has 0 aliphatic heterocycles. The molecule has 0 atom stereocenters. The Kier molecular flexibility index (Phi) is 5.60. The van der Waals surface area contributed by atoms with Crippen LogP contribution in [0.5, 0.6) is 5.88 Å². The fraction of sp³-hybridized carbons (Fsp3) is 0.455. The molecule has 0 bridgehead atoms. The average molecular weight is 352 g/mol. The Hall–Kier alpha value is -2.36. The SMILES string of the molecule is CCOc1ncc(NC(=O)C2(c3ccc(C)cc3)CCCCC2)cc1C.